The van der Waals surface area contributed by atoms with E-state index in [9.17, 15) is 9.90 Å². The van der Waals surface area contributed by atoms with Gasteiger partial charge in [-0.05, 0) is 53.8 Å². The van der Waals surface area contributed by atoms with Crippen LogP contribution in [0.3, 0.4) is 0 Å². The number of allylic oxidation sites excluding steroid dienone is 1. The first-order chi connectivity index (χ1) is 17.6. The summed E-state index contributed by atoms with van der Waals surface area (Å²) in [6.45, 7) is 0. The highest BCUT2D eigenvalue weighted by molar-refractivity contribution is 7.07. The second-order valence-corrected chi connectivity index (χ2v) is 9.80. The Hall–Kier alpha value is -4.10. The molecule has 4 aromatic rings. The van der Waals surface area contributed by atoms with Gasteiger partial charge in [0.05, 0.1) is 30.5 Å². The van der Waals surface area contributed by atoms with E-state index in [1.54, 1.807) is 29.9 Å². The van der Waals surface area contributed by atoms with Crippen LogP contribution in [0, 0.1) is 0 Å². The number of nitrogens with zero attached hydrogens (tertiary/aromatic N) is 2. The molecule has 1 aliphatic heterocycles. The fourth-order valence-electron chi connectivity index (χ4n) is 5.14. The van der Waals surface area contributed by atoms with Crippen LogP contribution in [0.5, 0.6) is 17.2 Å². The summed E-state index contributed by atoms with van der Waals surface area (Å²) in [7, 11) is 3.16. The number of phenols is 1. The first kappa shape index (κ1) is 22.4. The minimum atomic E-state index is -0.313. The number of hydrogen-bond donors (Lipinski definition) is 1. The zero-order valence-electron chi connectivity index (χ0n) is 19.9. The number of benzene rings is 3. The molecule has 0 bridgehead atoms. The number of fused-ring (bicyclic) bond motifs is 3. The fraction of sp³-hybridized carbons (Fsp3) is 0.172. The van der Waals surface area contributed by atoms with Crippen LogP contribution in [0.15, 0.2) is 82.1 Å². The van der Waals surface area contributed by atoms with E-state index in [4.69, 9.17) is 14.5 Å². The molecule has 0 fully saturated rings. The summed E-state index contributed by atoms with van der Waals surface area (Å²) in [4.78, 5) is 19.5. The van der Waals surface area contributed by atoms with Crippen molar-refractivity contribution >= 4 is 23.1 Å². The Bertz CT molecular complexity index is 1710. The molecule has 1 aliphatic carbocycles. The Morgan fingerprint density at radius 3 is 2.58 bits per heavy atom. The van der Waals surface area contributed by atoms with E-state index < -0.39 is 0 Å². The molecule has 1 N–H and O–H groups in total. The molecular formula is C29H24N2O4S. The van der Waals surface area contributed by atoms with Crippen molar-refractivity contribution in [3.05, 3.63) is 114 Å². The van der Waals surface area contributed by atoms with Gasteiger partial charge in [0.15, 0.2) is 16.3 Å². The minimum Gasteiger partial charge on any atom is -0.504 e. The Labute approximate surface area is 211 Å². The predicted octanol–water partition coefficient (Wildman–Crippen LogP) is 4.04. The molecule has 0 amide bonds. The summed E-state index contributed by atoms with van der Waals surface area (Å²) in [6.07, 6.45) is 3.50. The number of aromatic hydroxyl groups is 1. The zero-order chi connectivity index (χ0) is 24.8. The number of methoxy groups -OCH3 is 2. The first-order valence-corrected chi connectivity index (χ1v) is 12.5. The Kier molecular flexibility index (Phi) is 5.49. The Balaban J connectivity index is 1.62. The monoisotopic (exact) mass is 496 g/mol. The van der Waals surface area contributed by atoms with Crippen LogP contribution in [0.4, 0.5) is 0 Å². The molecular weight excluding hydrogens is 472 g/mol. The molecule has 2 aliphatic rings. The number of thiazole rings is 1. The van der Waals surface area contributed by atoms with Crippen LogP contribution in [0.1, 0.15) is 34.7 Å². The van der Waals surface area contributed by atoms with E-state index in [0.717, 1.165) is 41.0 Å². The smallest absolute Gasteiger partial charge is 0.271 e. The van der Waals surface area contributed by atoms with Gasteiger partial charge in [0.25, 0.3) is 5.56 Å². The third-order valence-electron chi connectivity index (χ3n) is 6.81. The lowest BCUT2D eigenvalue weighted by Gasteiger charge is -2.31. The van der Waals surface area contributed by atoms with E-state index in [1.807, 2.05) is 36.4 Å². The second kappa shape index (κ2) is 8.84. The molecule has 2 heterocycles. The third kappa shape index (κ3) is 3.55. The highest BCUT2D eigenvalue weighted by Gasteiger charge is 2.33. The molecule has 0 spiro atoms. The maximum Gasteiger partial charge on any atom is 0.271 e. The number of aromatic nitrogens is 1. The number of hydrogen-bond acceptors (Lipinski definition) is 6. The van der Waals surface area contributed by atoms with Crippen molar-refractivity contribution in [1.29, 1.82) is 0 Å². The van der Waals surface area contributed by atoms with E-state index in [-0.39, 0.29) is 17.4 Å². The lowest BCUT2D eigenvalue weighted by atomic mass is 9.83. The Morgan fingerprint density at radius 2 is 1.78 bits per heavy atom. The molecule has 36 heavy (non-hydrogen) atoms. The molecule has 0 saturated carbocycles. The van der Waals surface area contributed by atoms with Gasteiger partial charge in [0.1, 0.15) is 5.75 Å². The number of rotatable bonds is 4. The molecule has 0 saturated heterocycles. The minimum absolute atomic E-state index is 0.0259. The summed E-state index contributed by atoms with van der Waals surface area (Å²) in [5.41, 5.74) is 6.00. The molecule has 3 aromatic carbocycles. The van der Waals surface area contributed by atoms with Crippen molar-refractivity contribution in [2.45, 2.75) is 18.9 Å². The van der Waals surface area contributed by atoms with Crippen LogP contribution in [-0.2, 0) is 6.42 Å². The number of phenolic OH excluding ortho intramolecular Hbond substituents is 1. The first-order valence-electron chi connectivity index (χ1n) is 11.7. The van der Waals surface area contributed by atoms with Gasteiger partial charge in [0.2, 0.25) is 0 Å². The van der Waals surface area contributed by atoms with Crippen LogP contribution in [-0.4, -0.2) is 23.9 Å². The van der Waals surface area contributed by atoms with E-state index in [2.05, 4.69) is 18.2 Å². The Morgan fingerprint density at radius 1 is 1.00 bits per heavy atom. The van der Waals surface area contributed by atoms with Crippen molar-refractivity contribution in [3.63, 3.8) is 0 Å². The van der Waals surface area contributed by atoms with E-state index in [0.29, 0.717) is 20.6 Å². The molecule has 0 radical (unpaired) electrons. The molecule has 180 valence electrons. The van der Waals surface area contributed by atoms with Crippen LogP contribution in [0.2, 0.25) is 0 Å². The van der Waals surface area contributed by atoms with Gasteiger partial charge >= 0.3 is 0 Å². The SMILES string of the molecule is COc1ccc(/C=c2\sc3n(c2=O)C(c2ccccc2OC)C2=C(N=3)c3ccccc3CC2)cc1O. The van der Waals surface area contributed by atoms with Crippen LogP contribution in [0.25, 0.3) is 11.8 Å². The quantitative estimate of drug-likeness (QED) is 0.463. The maximum absolute atomic E-state index is 13.9. The number of aryl methyl sites for hydroxylation is 1. The van der Waals surface area contributed by atoms with Gasteiger partial charge in [-0.2, -0.15) is 0 Å². The summed E-state index contributed by atoms with van der Waals surface area (Å²) in [5, 5.41) is 10.2. The van der Waals surface area contributed by atoms with Gasteiger partial charge in [-0.3, -0.25) is 9.36 Å². The van der Waals surface area contributed by atoms with Crippen molar-refractivity contribution in [2.75, 3.05) is 14.2 Å². The zero-order valence-corrected chi connectivity index (χ0v) is 20.7. The van der Waals surface area contributed by atoms with E-state index in [1.165, 1.54) is 24.0 Å². The highest BCUT2D eigenvalue weighted by Crippen LogP contribution is 2.43. The van der Waals surface area contributed by atoms with E-state index >= 15 is 0 Å². The number of ether oxygens (including phenoxy) is 2. The molecule has 1 unspecified atom stereocenters. The topological polar surface area (TPSA) is 73.0 Å². The predicted molar refractivity (Wildman–Crippen MR) is 140 cm³/mol. The number of para-hydroxylation sites is 1. The second-order valence-electron chi connectivity index (χ2n) is 8.79. The normalized spacial score (nSPS) is 16.6. The molecule has 1 aromatic heterocycles. The van der Waals surface area contributed by atoms with Crippen molar-refractivity contribution in [1.82, 2.24) is 4.57 Å². The fourth-order valence-corrected chi connectivity index (χ4v) is 6.14. The van der Waals surface area contributed by atoms with Gasteiger partial charge in [-0.15, -0.1) is 0 Å². The van der Waals surface area contributed by atoms with Gasteiger partial charge in [-0.25, -0.2) is 4.99 Å². The molecule has 6 nitrogen and oxygen atoms in total. The van der Waals surface area contributed by atoms with Crippen molar-refractivity contribution in [3.8, 4) is 17.2 Å². The standard InChI is InChI=1S/C29H24N2O4S/c1-34-23-10-6-5-9-20(23)27-21-13-12-18-7-3-4-8-19(18)26(21)30-29-31(27)28(33)25(36-29)16-17-11-14-24(35-2)22(32)15-17/h3-11,14-16,27,32H,12-13H2,1-2H3/b25-16-. The average molecular weight is 497 g/mol. The molecule has 1 atom stereocenters. The van der Waals surface area contributed by atoms with Gasteiger partial charge in [0, 0.05) is 11.1 Å². The third-order valence-corrected chi connectivity index (χ3v) is 7.79. The summed E-state index contributed by atoms with van der Waals surface area (Å²) >= 11 is 1.36. The van der Waals surface area contributed by atoms with Crippen LogP contribution >= 0.6 is 11.3 Å². The average Bonchev–Trinajstić information content (AvgIpc) is 3.21. The van der Waals surface area contributed by atoms with Crippen LogP contribution < -0.4 is 24.4 Å². The lowest BCUT2D eigenvalue weighted by Crippen LogP contribution is -2.38. The van der Waals surface area contributed by atoms with Crippen molar-refractivity contribution < 1.29 is 14.6 Å². The molecule has 7 heteroatoms. The van der Waals surface area contributed by atoms with Gasteiger partial charge in [-0.1, -0.05) is 59.9 Å². The maximum atomic E-state index is 13.9. The summed E-state index contributed by atoms with van der Waals surface area (Å²) < 4.78 is 13.2. The van der Waals surface area contributed by atoms with Crippen molar-refractivity contribution in [2.24, 2.45) is 4.99 Å². The summed E-state index contributed by atoms with van der Waals surface area (Å²) in [6, 6.07) is 21.0. The largest absolute Gasteiger partial charge is 0.504 e. The van der Waals surface area contributed by atoms with Gasteiger partial charge < -0.3 is 14.6 Å². The highest BCUT2D eigenvalue weighted by atomic mass is 32.1. The molecule has 6 rings (SSSR count). The summed E-state index contributed by atoms with van der Waals surface area (Å²) in [5.74, 6) is 1.15. The lowest BCUT2D eigenvalue weighted by molar-refractivity contribution is 0.373.